The highest BCUT2D eigenvalue weighted by molar-refractivity contribution is 7.09. The van der Waals surface area contributed by atoms with Gasteiger partial charge in [-0.15, -0.1) is 11.3 Å². The second-order valence-corrected chi connectivity index (χ2v) is 6.01. The van der Waals surface area contributed by atoms with Crippen molar-refractivity contribution in [2.45, 2.75) is 56.6 Å². The Morgan fingerprint density at radius 1 is 1.44 bits per heavy atom. The number of nitrogens with zero attached hydrogens (tertiary/aromatic N) is 1. The van der Waals surface area contributed by atoms with E-state index in [4.69, 9.17) is 10.6 Å². The molecule has 0 bridgehead atoms. The molecule has 0 aliphatic heterocycles. The third-order valence-electron chi connectivity index (χ3n) is 4.05. The van der Waals surface area contributed by atoms with Crippen molar-refractivity contribution in [1.82, 2.24) is 10.4 Å². The number of nitrogens with two attached hydrogens (primary N) is 1. The lowest BCUT2D eigenvalue weighted by Gasteiger charge is -2.38. The van der Waals surface area contributed by atoms with Crippen LogP contribution >= 0.6 is 11.3 Å². The van der Waals surface area contributed by atoms with Gasteiger partial charge in [0, 0.05) is 25.1 Å². The first-order chi connectivity index (χ1) is 8.80. The fourth-order valence-corrected chi connectivity index (χ4v) is 3.61. The first-order valence-corrected chi connectivity index (χ1v) is 7.58. The molecule has 1 aliphatic rings. The zero-order valence-corrected chi connectivity index (χ0v) is 11.8. The molecular weight excluding hydrogens is 246 g/mol. The van der Waals surface area contributed by atoms with Crippen LogP contribution in [0.15, 0.2) is 11.6 Å². The number of hydrogen-bond acceptors (Lipinski definition) is 5. The largest absolute Gasteiger partial charge is 0.377 e. The zero-order chi connectivity index (χ0) is 12.8. The van der Waals surface area contributed by atoms with Crippen LogP contribution < -0.4 is 11.3 Å². The van der Waals surface area contributed by atoms with Crippen LogP contribution in [0.4, 0.5) is 0 Å². The number of hydrazine groups is 1. The number of methoxy groups -OCH3 is 1. The standard InChI is InChI=1S/C13H23N3OS/c1-17-13(6-4-2-3-5-7-13)11(16-14)10-12-15-8-9-18-12/h8-9,11,16H,2-7,10,14H2,1H3. The van der Waals surface area contributed by atoms with Gasteiger partial charge in [-0.3, -0.25) is 11.3 Å². The lowest BCUT2D eigenvalue weighted by atomic mass is 9.84. The number of aromatic nitrogens is 1. The highest BCUT2D eigenvalue weighted by Gasteiger charge is 2.39. The van der Waals surface area contributed by atoms with E-state index < -0.39 is 0 Å². The molecule has 0 saturated heterocycles. The van der Waals surface area contributed by atoms with Gasteiger partial charge in [0.2, 0.25) is 0 Å². The molecule has 1 aliphatic carbocycles. The van der Waals surface area contributed by atoms with Crippen molar-refractivity contribution in [1.29, 1.82) is 0 Å². The van der Waals surface area contributed by atoms with E-state index in [1.807, 2.05) is 18.7 Å². The Morgan fingerprint density at radius 2 is 2.17 bits per heavy atom. The van der Waals surface area contributed by atoms with E-state index in [1.54, 1.807) is 11.3 Å². The highest BCUT2D eigenvalue weighted by Crippen LogP contribution is 2.34. The van der Waals surface area contributed by atoms with Gasteiger partial charge < -0.3 is 4.74 Å². The summed E-state index contributed by atoms with van der Waals surface area (Å²) in [6.07, 6.45) is 9.93. The van der Waals surface area contributed by atoms with E-state index in [2.05, 4.69) is 10.4 Å². The summed E-state index contributed by atoms with van der Waals surface area (Å²) in [6.45, 7) is 0. The number of hydrogen-bond donors (Lipinski definition) is 2. The molecule has 1 unspecified atom stereocenters. The monoisotopic (exact) mass is 269 g/mol. The lowest BCUT2D eigenvalue weighted by Crippen LogP contribution is -2.55. The van der Waals surface area contributed by atoms with Crippen LogP contribution in [0.3, 0.4) is 0 Å². The number of rotatable bonds is 5. The first kappa shape index (κ1) is 13.9. The third kappa shape index (κ3) is 3.09. The summed E-state index contributed by atoms with van der Waals surface area (Å²) in [6, 6.07) is 0.145. The van der Waals surface area contributed by atoms with Crippen molar-refractivity contribution in [3.8, 4) is 0 Å². The van der Waals surface area contributed by atoms with Crippen LogP contribution in [-0.4, -0.2) is 23.7 Å². The van der Waals surface area contributed by atoms with Crippen molar-refractivity contribution in [2.75, 3.05) is 7.11 Å². The zero-order valence-electron chi connectivity index (χ0n) is 11.0. The maximum Gasteiger partial charge on any atom is 0.0942 e. The lowest BCUT2D eigenvalue weighted by molar-refractivity contribution is -0.0527. The van der Waals surface area contributed by atoms with Gasteiger partial charge in [-0.1, -0.05) is 25.7 Å². The van der Waals surface area contributed by atoms with Crippen LogP contribution in [0.5, 0.6) is 0 Å². The Morgan fingerprint density at radius 3 is 2.67 bits per heavy atom. The summed E-state index contributed by atoms with van der Waals surface area (Å²) < 4.78 is 5.89. The van der Waals surface area contributed by atoms with Crippen LogP contribution in [-0.2, 0) is 11.2 Å². The third-order valence-corrected chi connectivity index (χ3v) is 4.86. The SMILES string of the molecule is COC1(C(Cc2nccs2)NN)CCCCCC1. The fraction of sp³-hybridized carbons (Fsp3) is 0.769. The van der Waals surface area contributed by atoms with Gasteiger partial charge in [-0.05, 0) is 12.8 Å². The van der Waals surface area contributed by atoms with E-state index in [9.17, 15) is 0 Å². The molecule has 0 aromatic carbocycles. The van der Waals surface area contributed by atoms with Gasteiger partial charge in [0.25, 0.3) is 0 Å². The van der Waals surface area contributed by atoms with Crippen molar-refractivity contribution in [3.05, 3.63) is 16.6 Å². The molecule has 1 heterocycles. The van der Waals surface area contributed by atoms with E-state index >= 15 is 0 Å². The molecule has 1 fully saturated rings. The number of thiazole rings is 1. The minimum Gasteiger partial charge on any atom is -0.377 e. The van der Waals surface area contributed by atoms with E-state index in [0.717, 1.165) is 24.3 Å². The summed E-state index contributed by atoms with van der Waals surface area (Å²) in [5, 5.41) is 3.13. The topological polar surface area (TPSA) is 60.2 Å². The fourth-order valence-electron chi connectivity index (χ4n) is 2.95. The summed E-state index contributed by atoms with van der Waals surface area (Å²) in [5.41, 5.74) is 2.84. The Hall–Kier alpha value is -0.490. The Balaban J connectivity index is 2.11. The Bertz CT molecular complexity index is 334. The Kier molecular flexibility index (Phi) is 5.12. The molecule has 0 amide bonds. The molecule has 1 aromatic rings. The van der Waals surface area contributed by atoms with Crippen LogP contribution in [0, 0.1) is 0 Å². The van der Waals surface area contributed by atoms with Gasteiger partial charge >= 0.3 is 0 Å². The summed E-state index contributed by atoms with van der Waals surface area (Å²) in [4.78, 5) is 4.36. The normalized spacial score (nSPS) is 21.4. The average Bonchev–Trinajstić information content (AvgIpc) is 2.79. The van der Waals surface area contributed by atoms with Gasteiger partial charge in [0.05, 0.1) is 16.7 Å². The van der Waals surface area contributed by atoms with Crippen molar-refractivity contribution >= 4 is 11.3 Å². The highest BCUT2D eigenvalue weighted by atomic mass is 32.1. The minimum atomic E-state index is -0.128. The number of nitrogens with one attached hydrogen (secondary N) is 1. The molecule has 2 rings (SSSR count). The van der Waals surface area contributed by atoms with E-state index in [1.165, 1.54) is 25.7 Å². The van der Waals surface area contributed by atoms with Crippen LogP contribution in [0.25, 0.3) is 0 Å². The molecule has 5 heteroatoms. The van der Waals surface area contributed by atoms with Crippen molar-refractivity contribution < 1.29 is 4.74 Å². The molecule has 4 nitrogen and oxygen atoms in total. The van der Waals surface area contributed by atoms with Crippen LogP contribution in [0.1, 0.15) is 43.5 Å². The summed E-state index contributed by atoms with van der Waals surface area (Å²) in [7, 11) is 1.82. The first-order valence-electron chi connectivity index (χ1n) is 6.70. The van der Waals surface area contributed by atoms with Gasteiger partial charge in [0.15, 0.2) is 0 Å². The summed E-state index contributed by atoms with van der Waals surface area (Å²) in [5.74, 6) is 5.78. The molecule has 0 radical (unpaired) electrons. The van der Waals surface area contributed by atoms with Gasteiger partial charge in [0.1, 0.15) is 0 Å². The predicted octanol–water partition coefficient (Wildman–Crippen LogP) is 2.26. The average molecular weight is 269 g/mol. The van der Waals surface area contributed by atoms with Gasteiger partial charge in [-0.25, -0.2) is 4.98 Å². The van der Waals surface area contributed by atoms with E-state index in [0.29, 0.717) is 0 Å². The molecule has 1 aromatic heterocycles. The molecule has 18 heavy (non-hydrogen) atoms. The van der Waals surface area contributed by atoms with E-state index in [-0.39, 0.29) is 11.6 Å². The molecule has 1 saturated carbocycles. The second-order valence-electron chi connectivity index (χ2n) is 5.03. The number of ether oxygens (including phenoxy) is 1. The van der Waals surface area contributed by atoms with Crippen LogP contribution in [0.2, 0.25) is 0 Å². The molecule has 3 N–H and O–H groups in total. The Labute approximate surface area is 113 Å². The predicted molar refractivity (Wildman–Crippen MR) is 74.4 cm³/mol. The smallest absolute Gasteiger partial charge is 0.0942 e. The van der Waals surface area contributed by atoms with Crippen molar-refractivity contribution in [2.24, 2.45) is 5.84 Å². The van der Waals surface area contributed by atoms with Gasteiger partial charge in [-0.2, -0.15) is 0 Å². The quantitative estimate of drug-likeness (QED) is 0.489. The molecule has 1 atom stereocenters. The van der Waals surface area contributed by atoms with Crippen molar-refractivity contribution in [3.63, 3.8) is 0 Å². The maximum absolute atomic E-state index is 5.89. The molecular formula is C13H23N3OS. The molecule has 102 valence electrons. The summed E-state index contributed by atoms with van der Waals surface area (Å²) >= 11 is 1.68. The minimum absolute atomic E-state index is 0.128. The molecule has 0 spiro atoms. The second kappa shape index (κ2) is 6.61. The maximum atomic E-state index is 5.89.